The minimum Gasteiger partial charge on any atom is -0.444 e. The highest BCUT2D eigenvalue weighted by molar-refractivity contribution is 5.69. The van der Waals surface area contributed by atoms with Gasteiger partial charge in [-0.3, -0.25) is 10.1 Å². The summed E-state index contributed by atoms with van der Waals surface area (Å²) in [6.45, 7) is 6.38. The van der Waals surface area contributed by atoms with E-state index in [1.807, 2.05) is 20.8 Å². The van der Waals surface area contributed by atoms with E-state index in [1.54, 1.807) is 4.90 Å². The molecule has 2 fully saturated rings. The predicted octanol–water partition coefficient (Wildman–Crippen LogP) is 2.77. The van der Waals surface area contributed by atoms with Crippen LogP contribution in [0.3, 0.4) is 0 Å². The van der Waals surface area contributed by atoms with Gasteiger partial charge in [0.1, 0.15) is 11.8 Å². The molecule has 2 aliphatic rings. The fourth-order valence-electron chi connectivity index (χ4n) is 2.98. The van der Waals surface area contributed by atoms with Crippen LogP contribution in [-0.4, -0.2) is 56.7 Å². The van der Waals surface area contributed by atoms with Crippen molar-refractivity contribution in [3.05, 3.63) is 16.3 Å². The molecule has 0 radical (unpaired) electrons. The molecule has 0 bridgehead atoms. The maximum Gasteiger partial charge on any atom is 0.410 e. The van der Waals surface area contributed by atoms with Gasteiger partial charge >= 0.3 is 11.8 Å². The number of hydrogen-bond acceptors (Lipinski definition) is 8. The molecule has 10 heteroatoms. The summed E-state index contributed by atoms with van der Waals surface area (Å²) in [7, 11) is 0. The number of rotatable bonds is 5. The van der Waals surface area contributed by atoms with Crippen molar-refractivity contribution in [2.45, 2.75) is 64.1 Å². The Labute approximate surface area is 157 Å². The lowest BCUT2D eigenvalue weighted by Gasteiger charge is -2.26. The molecule has 1 aromatic rings. The van der Waals surface area contributed by atoms with E-state index in [9.17, 15) is 14.9 Å². The Balaban J connectivity index is 1.66. The van der Waals surface area contributed by atoms with Crippen LogP contribution in [0.15, 0.2) is 6.20 Å². The first kappa shape index (κ1) is 19.1. The van der Waals surface area contributed by atoms with Crippen LogP contribution in [0.25, 0.3) is 0 Å². The number of nitrogens with zero attached hydrogens (tertiary/aromatic N) is 4. The van der Waals surface area contributed by atoms with E-state index in [4.69, 9.17) is 4.74 Å². The summed E-state index contributed by atoms with van der Waals surface area (Å²) in [4.78, 5) is 32.9. The van der Waals surface area contributed by atoms with Crippen LogP contribution in [0.1, 0.15) is 46.5 Å². The van der Waals surface area contributed by atoms with Crippen molar-refractivity contribution in [2.24, 2.45) is 0 Å². The van der Waals surface area contributed by atoms with Crippen molar-refractivity contribution >= 4 is 23.5 Å². The summed E-state index contributed by atoms with van der Waals surface area (Å²) >= 11 is 0. The summed E-state index contributed by atoms with van der Waals surface area (Å²) in [5, 5.41) is 17.6. The number of aromatic nitrogens is 2. The largest absolute Gasteiger partial charge is 0.444 e. The number of ether oxygens (including phenoxy) is 1. The zero-order chi connectivity index (χ0) is 19.6. The summed E-state index contributed by atoms with van der Waals surface area (Å²) in [6, 6.07) is 0.191. The lowest BCUT2D eigenvalue weighted by atomic mass is 9.93. The van der Waals surface area contributed by atoms with E-state index in [2.05, 4.69) is 20.6 Å². The molecular formula is C17H26N6O4. The van der Waals surface area contributed by atoms with Crippen LogP contribution < -0.4 is 10.6 Å². The van der Waals surface area contributed by atoms with Crippen molar-refractivity contribution in [2.75, 3.05) is 23.7 Å². The van der Waals surface area contributed by atoms with Crippen molar-refractivity contribution < 1.29 is 14.5 Å². The number of nitro groups is 1. The molecular weight excluding hydrogens is 352 g/mol. The van der Waals surface area contributed by atoms with Crippen LogP contribution in [0.5, 0.6) is 0 Å². The molecule has 1 aromatic heterocycles. The molecule has 27 heavy (non-hydrogen) atoms. The number of amides is 1. The Hall–Kier alpha value is -2.65. The molecule has 10 nitrogen and oxygen atoms in total. The summed E-state index contributed by atoms with van der Waals surface area (Å²) < 4.78 is 5.38. The standard InChI is InChI=1S/C17H26N6O4/c1-17(2,3)27-16(24)22-8-7-12(10-22)19-14-13(23(25)26)9-18-15(21-14)20-11-5-4-6-11/h9,11-12H,4-8,10H2,1-3H3,(H2,18,19,20,21). The van der Waals surface area contributed by atoms with Crippen LogP contribution in [-0.2, 0) is 4.74 Å². The summed E-state index contributed by atoms with van der Waals surface area (Å²) in [6.07, 6.45) is 4.77. The molecule has 0 aromatic carbocycles. The van der Waals surface area contributed by atoms with E-state index in [0.29, 0.717) is 31.5 Å². The fourth-order valence-corrected chi connectivity index (χ4v) is 2.98. The third kappa shape index (κ3) is 4.95. The smallest absolute Gasteiger partial charge is 0.410 e. The van der Waals surface area contributed by atoms with Gasteiger partial charge in [-0.25, -0.2) is 9.78 Å². The second-order valence-corrected chi connectivity index (χ2v) is 8.01. The minimum absolute atomic E-state index is 0.136. The molecule has 1 unspecified atom stereocenters. The number of nitrogens with one attached hydrogen (secondary N) is 2. The monoisotopic (exact) mass is 378 g/mol. The van der Waals surface area contributed by atoms with Gasteiger partial charge < -0.3 is 20.3 Å². The molecule has 0 spiro atoms. The molecule has 2 heterocycles. The molecule has 1 aliphatic heterocycles. The Morgan fingerprint density at radius 1 is 1.30 bits per heavy atom. The van der Waals surface area contributed by atoms with Gasteiger partial charge in [-0.05, 0) is 46.5 Å². The minimum atomic E-state index is -0.559. The van der Waals surface area contributed by atoms with Crippen molar-refractivity contribution in [1.29, 1.82) is 0 Å². The van der Waals surface area contributed by atoms with E-state index in [-0.39, 0.29) is 23.6 Å². The van der Waals surface area contributed by atoms with E-state index < -0.39 is 10.5 Å². The number of carbonyl (C=O) groups is 1. The molecule has 3 rings (SSSR count). The first-order valence-corrected chi connectivity index (χ1v) is 9.24. The zero-order valence-corrected chi connectivity index (χ0v) is 15.9. The maximum atomic E-state index is 12.2. The van der Waals surface area contributed by atoms with Crippen molar-refractivity contribution in [3.8, 4) is 0 Å². The van der Waals surface area contributed by atoms with Crippen LogP contribution >= 0.6 is 0 Å². The van der Waals surface area contributed by atoms with Crippen LogP contribution in [0.4, 0.5) is 22.2 Å². The highest BCUT2D eigenvalue weighted by atomic mass is 16.6. The van der Waals surface area contributed by atoms with Crippen molar-refractivity contribution in [3.63, 3.8) is 0 Å². The Morgan fingerprint density at radius 3 is 2.63 bits per heavy atom. The molecule has 148 valence electrons. The highest BCUT2D eigenvalue weighted by Gasteiger charge is 2.31. The predicted molar refractivity (Wildman–Crippen MR) is 99.8 cm³/mol. The van der Waals surface area contributed by atoms with Gasteiger partial charge in [-0.2, -0.15) is 4.98 Å². The van der Waals surface area contributed by atoms with Gasteiger partial charge in [0.05, 0.1) is 4.92 Å². The van der Waals surface area contributed by atoms with Gasteiger partial charge in [-0.1, -0.05) is 0 Å². The number of carbonyl (C=O) groups excluding carboxylic acids is 1. The molecule has 1 saturated carbocycles. The zero-order valence-electron chi connectivity index (χ0n) is 15.9. The summed E-state index contributed by atoms with van der Waals surface area (Å²) in [5.74, 6) is 0.558. The second-order valence-electron chi connectivity index (χ2n) is 8.01. The first-order chi connectivity index (χ1) is 12.7. The van der Waals surface area contributed by atoms with Gasteiger partial charge in [0.2, 0.25) is 11.8 Å². The molecule has 2 N–H and O–H groups in total. The number of likely N-dealkylation sites (tertiary alicyclic amines) is 1. The molecule has 1 aliphatic carbocycles. The maximum absolute atomic E-state index is 12.2. The number of hydrogen-bond donors (Lipinski definition) is 2. The third-order valence-corrected chi connectivity index (χ3v) is 4.59. The molecule has 1 amide bonds. The Bertz CT molecular complexity index is 716. The van der Waals surface area contributed by atoms with Gasteiger partial charge in [0.25, 0.3) is 0 Å². The quantitative estimate of drug-likeness (QED) is 0.592. The van der Waals surface area contributed by atoms with Crippen molar-refractivity contribution in [1.82, 2.24) is 14.9 Å². The Morgan fingerprint density at radius 2 is 2.04 bits per heavy atom. The molecule has 1 atom stereocenters. The molecule has 1 saturated heterocycles. The van der Waals surface area contributed by atoms with E-state index >= 15 is 0 Å². The van der Waals surface area contributed by atoms with Crippen LogP contribution in [0, 0.1) is 10.1 Å². The highest BCUT2D eigenvalue weighted by Crippen LogP contribution is 2.27. The number of anilines is 2. The third-order valence-electron chi connectivity index (χ3n) is 4.59. The normalized spacial score (nSPS) is 20.1. The SMILES string of the molecule is CC(C)(C)OC(=O)N1CCC(Nc2nc(NC3CCC3)ncc2[N+](=O)[O-])C1. The average molecular weight is 378 g/mol. The lowest BCUT2D eigenvalue weighted by Crippen LogP contribution is -2.36. The van der Waals surface area contributed by atoms with Gasteiger partial charge in [0, 0.05) is 25.2 Å². The average Bonchev–Trinajstić information content (AvgIpc) is 2.98. The topological polar surface area (TPSA) is 123 Å². The lowest BCUT2D eigenvalue weighted by molar-refractivity contribution is -0.384. The van der Waals surface area contributed by atoms with Gasteiger partial charge in [0.15, 0.2) is 0 Å². The van der Waals surface area contributed by atoms with Crippen LogP contribution in [0.2, 0.25) is 0 Å². The Kier molecular flexibility index (Phi) is 5.33. The second kappa shape index (κ2) is 7.53. The fraction of sp³-hybridized carbons (Fsp3) is 0.706. The van der Waals surface area contributed by atoms with E-state index in [1.165, 1.54) is 12.6 Å². The first-order valence-electron chi connectivity index (χ1n) is 9.24. The van der Waals surface area contributed by atoms with Gasteiger partial charge in [-0.15, -0.1) is 0 Å². The summed E-state index contributed by atoms with van der Waals surface area (Å²) in [5.41, 5.74) is -0.735. The van der Waals surface area contributed by atoms with E-state index in [0.717, 1.165) is 12.8 Å².